The molecule has 2 rings (SSSR count). The van der Waals surface area contributed by atoms with Crippen LogP contribution in [-0.2, 0) is 10.0 Å². The predicted octanol–water partition coefficient (Wildman–Crippen LogP) is 2.47. The lowest BCUT2D eigenvalue weighted by atomic mass is 10.2. The van der Waals surface area contributed by atoms with E-state index < -0.39 is 10.0 Å². The van der Waals surface area contributed by atoms with E-state index in [-0.39, 0.29) is 6.04 Å². The normalized spacial score (nSPS) is 22.7. The van der Waals surface area contributed by atoms with Crippen LogP contribution in [0.3, 0.4) is 0 Å². The number of halogens is 1. The number of nitrogens with zero attached hydrogens (tertiary/aromatic N) is 2. The molecule has 6 heteroatoms. The topological polar surface area (TPSA) is 40.6 Å². The van der Waals surface area contributed by atoms with Crippen LogP contribution in [0.4, 0.5) is 0 Å². The van der Waals surface area contributed by atoms with Gasteiger partial charge in [0.1, 0.15) is 0 Å². The first-order valence-corrected chi connectivity index (χ1v) is 9.02. The van der Waals surface area contributed by atoms with Crippen LogP contribution >= 0.6 is 15.9 Å². The molecule has 0 aliphatic carbocycles. The first kappa shape index (κ1) is 15.9. The quantitative estimate of drug-likeness (QED) is 0.813. The van der Waals surface area contributed by atoms with Crippen LogP contribution in [0, 0.1) is 6.92 Å². The van der Waals surface area contributed by atoms with Crippen molar-refractivity contribution in [1.29, 1.82) is 0 Å². The van der Waals surface area contributed by atoms with Crippen molar-refractivity contribution in [2.75, 3.05) is 26.7 Å². The molecule has 1 fully saturated rings. The monoisotopic (exact) mass is 360 g/mol. The Balaban J connectivity index is 2.41. The summed E-state index contributed by atoms with van der Waals surface area (Å²) >= 11 is 3.36. The van der Waals surface area contributed by atoms with Gasteiger partial charge in [0, 0.05) is 23.6 Å². The van der Waals surface area contributed by atoms with E-state index in [1.165, 1.54) is 0 Å². The van der Waals surface area contributed by atoms with E-state index in [0.717, 1.165) is 29.5 Å². The van der Waals surface area contributed by atoms with Gasteiger partial charge in [-0.1, -0.05) is 22.0 Å². The molecule has 0 aromatic heterocycles. The molecule has 1 aliphatic rings. The molecule has 1 aromatic rings. The smallest absolute Gasteiger partial charge is 0.243 e. The lowest BCUT2D eigenvalue weighted by Crippen LogP contribution is -2.42. The number of hydrogen-bond acceptors (Lipinski definition) is 3. The maximum atomic E-state index is 12.9. The zero-order chi connectivity index (χ0) is 14.9. The van der Waals surface area contributed by atoms with Crippen LogP contribution in [-0.4, -0.2) is 50.3 Å². The zero-order valence-electron chi connectivity index (χ0n) is 12.1. The summed E-state index contributed by atoms with van der Waals surface area (Å²) in [4.78, 5) is 2.59. The Morgan fingerprint density at radius 3 is 2.70 bits per heavy atom. The third-order valence-corrected chi connectivity index (χ3v) is 6.37. The molecule has 1 atom stereocenters. The molecule has 0 saturated carbocycles. The Morgan fingerprint density at radius 1 is 1.30 bits per heavy atom. The Morgan fingerprint density at radius 2 is 2.00 bits per heavy atom. The molecule has 112 valence electrons. The third kappa shape index (κ3) is 3.24. The highest BCUT2D eigenvalue weighted by atomic mass is 79.9. The summed E-state index contributed by atoms with van der Waals surface area (Å²) in [5.74, 6) is 0. The van der Waals surface area contributed by atoms with Crippen LogP contribution in [0.25, 0.3) is 0 Å². The van der Waals surface area contributed by atoms with Gasteiger partial charge in [-0.25, -0.2) is 8.42 Å². The fraction of sp³-hybridized carbons (Fsp3) is 0.571. The van der Waals surface area contributed by atoms with Crippen LogP contribution in [0.1, 0.15) is 18.9 Å². The fourth-order valence-corrected chi connectivity index (χ4v) is 5.11. The third-order valence-electron chi connectivity index (χ3n) is 3.72. The van der Waals surface area contributed by atoms with Gasteiger partial charge in [-0.3, -0.25) is 0 Å². The van der Waals surface area contributed by atoms with Crippen LogP contribution in [0.15, 0.2) is 27.6 Å². The van der Waals surface area contributed by atoms with Crippen molar-refractivity contribution in [2.24, 2.45) is 0 Å². The van der Waals surface area contributed by atoms with Gasteiger partial charge in [0.2, 0.25) is 10.0 Å². The van der Waals surface area contributed by atoms with Gasteiger partial charge < -0.3 is 4.90 Å². The lowest BCUT2D eigenvalue weighted by Gasteiger charge is -2.27. The Labute approximate surface area is 129 Å². The Kier molecular flexibility index (Phi) is 4.89. The van der Waals surface area contributed by atoms with Crippen LogP contribution in [0.2, 0.25) is 0 Å². The molecular weight excluding hydrogens is 340 g/mol. The van der Waals surface area contributed by atoms with Gasteiger partial charge in [0.15, 0.2) is 0 Å². The summed E-state index contributed by atoms with van der Waals surface area (Å²) in [6, 6.07) is 5.40. The van der Waals surface area contributed by atoms with E-state index in [4.69, 9.17) is 0 Å². The van der Waals surface area contributed by atoms with Gasteiger partial charge in [0.05, 0.1) is 4.90 Å². The number of benzene rings is 1. The molecule has 0 spiro atoms. The van der Waals surface area contributed by atoms with Crippen molar-refractivity contribution in [2.45, 2.75) is 31.2 Å². The minimum Gasteiger partial charge on any atom is -0.305 e. The van der Waals surface area contributed by atoms with Crippen molar-refractivity contribution in [1.82, 2.24) is 9.21 Å². The first-order chi connectivity index (χ1) is 9.32. The maximum absolute atomic E-state index is 12.9. The second kappa shape index (κ2) is 6.13. The number of aryl methyl sites for hydroxylation is 1. The number of rotatable bonds is 2. The Hall–Kier alpha value is -0.430. The van der Waals surface area contributed by atoms with E-state index in [0.29, 0.717) is 11.4 Å². The van der Waals surface area contributed by atoms with E-state index in [9.17, 15) is 8.42 Å². The van der Waals surface area contributed by atoms with Crippen molar-refractivity contribution < 1.29 is 8.42 Å². The summed E-state index contributed by atoms with van der Waals surface area (Å²) in [6.07, 6.45) is 0.868. The van der Waals surface area contributed by atoms with Crippen molar-refractivity contribution >= 4 is 26.0 Å². The molecule has 0 bridgehead atoms. The largest absolute Gasteiger partial charge is 0.305 e. The SMILES string of the molecule is Cc1ccc(Br)cc1S(=O)(=O)N1CCCN(C)CC1C. The average Bonchev–Trinajstić information content (AvgIpc) is 2.53. The summed E-state index contributed by atoms with van der Waals surface area (Å²) in [5.41, 5.74) is 0.790. The van der Waals surface area contributed by atoms with Gasteiger partial charge in [-0.15, -0.1) is 0 Å². The zero-order valence-corrected chi connectivity index (χ0v) is 14.5. The molecule has 0 amide bonds. The van der Waals surface area contributed by atoms with Crippen LogP contribution in [0.5, 0.6) is 0 Å². The summed E-state index contributed by atoms with van der Waals surface area (Å²) < 4.78 is 28.3. The van der Waals surface area contributed by atoms with E-state index in [1.807, 2.05) is 33.0 Å². The highest BCUT2D eigenvalue weighted by molar-refractivity contribution is 9.10. The van der Waals surface area contributed by atoms with E-state index >= 15 is 0 Å². The van der Waals surface area contributed by atoms with Crippen molar-refractivity contribution in [3.8, 4) is 0 Å². The predicted molar refractivity (Wildman–Crippen MR) is 84.3 cm³/mol. The first-order valence-electron chi connectivity index (χ1n) is 6.79. The molecule has 1 heterocycles. The molecule has 0 N–H and O–H groups in total. The summed E-state index contributed by atoms with van der Waals surface area (Å²) in [7, 11) is -1.40. The maximum Gasteiger partial charge on any atom is 0.243 e. The van der Waals surface area contributed by atoms with E-state index in [1.54, 1.807) is 10.4 Å². The second-order valence-electron chi connectivity index (χ2n) is 5.49. The molecule has 4 nitrogen and oxygen atoms in total. The molecule has 1 aliphatic heterocycles. The van der Waals surface area contributed by atoms with Gasteiger partial charge in [0.25, 0.3) is 0 Å². The van der Waals surface area contributed by atoms with Gasteiger partial charge in [-0.2, -0.15) is 4.31 Å². The summed E-state index contributed by atoms with van der Waals surface area (Å²) in [5, 5.41) is 0. The molecule has 1 saturated heterocycles. The second-order valence-corrected chi connectivity index (χ2v) is 8.27. The fourth-order valence-electron chi connectivity index (χ4n) is 2.69. The lowest BCUT2D eigenvalue weighted by molar-refractivity contribution is 0.290. The number of sulfonamides is 1. The molecule has 0 radical (unpaired) electrons. The van der Waals surface area contributed by atoms with E-state index in [2.05, 4.69) is 20.8 Å². The molecule has 1 unspecified atom stereocenters. The molecular formula is C14H21BrN2O2S. The molecule has 20 heavy (non-hydrogen) atoms. The minimum atomic E-state index is -3.43. The van der Waals surface area contributed by atoms with Crippen molar-refractivity contribution in [3.05, 3.63) is 28.2 Å². The van der Waals surface area contributed by atoms with Crippen molar-refractivity contribution in [3.63, 3.8) is 0 Å². The van der Waals surface area contributed by atoms with Crippen LogP contribution < -0.4 is 0 Å². The Bertz CT molecular complexity index is 589. The van der Waals surface area contributed by atoms with Gasteiger partial charge >= 0.3 is 0 Å². The standard InChI is InChI=1S/C14H21BrN2O2S/c1-11-5-6-13(15)9-14(11)20(18,19)17-8-4-7-16(3)10-12(17)2/h5-6,9,12H,4,7-8,10H2,1-3H3. The minimum absolute atomic E-state index is 0.00844. The van der Waals surface area contributed by atoms with Gasteiger partial charge in [-0.05, 0) is 51.6 Å². The number of likely N-dealkylation sites (N-methyl/N-ethyl adjacent to an activating group) is 1. The summed E-state index contributed by atoms with van der Waals surface area (Å²) in [6.45, 7) is 6.11. The highest BCUT2D eigenvalue weighted by Crippen LogP contribution is 2.26. The highest BCUT2D eigenvalue weighted by Gasteiger charge is 2.32. The number of hydrogen-bond donors (Lipinski definition) is 0. The molecule has 1 aromatic carbocycles. The average molecular weight is 361 g/mol.